The highest BCUT2D eigenvalue weighted by molar-refractivity contribution is 7.95. The molecule has 122 valence electrons. The molecule has 0 N–H and O–H groups in total. The minimum Gasteiger partial charge on any atom is -0.312 e. The van der Waals surface area contributed by atoms with Gasteiger partial charge >= 0.3 is 5.97 Å². The fraction of sp³-hybridized carbons (Fsp3) is 0.0588. The zero-order valence-electron chi connectivity index (χ0n) is 12.6. The van der Waals surface area contributed by atoms with E-state index in [-0.39, 0.29) is 21.2 Å². The lowest BCUT2D eigenvalue weighted by Crippen LogP contribution is -2.04. The summed E-state index contributed by atoms with van der Waals surface area (Å²) in [6.45, 7) is 1.57. The van der Waals surface area contributed by atoms with Crippen LogP contribution in [0.1, 0.15) is 22.8 Å². The Kier molecular flexibility index (Phi) is 4.26. The number of hydrogen-bond acceptors (Lipinski definition) is 5. The largest absolute Gasteiger partial charge is 0.367 e. The molecule has 0 radical (unpaired) electrons. The van der Waals surface area contributed by atoms with E-state index in [9.17, 15) is 13.2 Å². The predicted molar refractivity (Wildman–Crippen MR) is 91.6 cm³/mol. The van der Waals surface area contributed by atoms with E-state index in [0.717, 1.165) is 5.41 Å². The highest BCUT2D eigenvalue weighted by Crippen LogP contribution is 2.33. The van der Waals surface area contributed by atoms with Gasteiger partial charge in [-0.15, -0.1) is 0 Å². The Balaban J connectivity index is 1.88. The van der Waals surface area contributed by atoms with Crippen molar-refractivity contribution in [2.75, 3.05) is 0 Å². The molecule has 0 fully saturated rings. The summed E-state index contributed by atoms with van der Waals surface area (Å²) in [6.07, 6.45) is 0. The number of halogens is 1. The quantitative estimate of drug-likeness (QED) is 0.474. The lowest BCUT2D eigenvalue weighted by Gasteiger charge is -2.04. The van der Waals surface area contributed by atoms with E-state index in [0.29, 0.717) is 11.1 Å². The van der Waals surface area contributed by atoms with Gasteiger partial charge in [0.25, 0.3) is 0 Å². The maximum absolute atomic E-state index is 12.1. The third-order valence-electron chi connectivity index (χ3n) is 3.51. The van der Waals surface area contributed by atoms with Crippen LogP contribution in [0.5, 0.6) is 0 Å². The van der Waals surface area contributed by atoms with Gasteiger partial charge in [0.05, 0.1) is 21.2 Å². The Labute approximate surface area is 144 Å². The first kappa shape index (κ1) is 16.4. The molecule has 7 heteroatoms. The van der Waals surface area contributed by atoms with E-state index in [2.05, 4.69) is 5.16 Å². The Bertz CT molecular complexity index is 993. The van der Waals surface area contributed by atoms with Crippen molar-refractivity contribution in [3.63, 3.8) is 0 Å². The molecular weight excluding hydrogens is 350 g/mol. The van der Waals surface area contributed by atoms with E-state index in [4.69, 9.17) is 16.4 Å². The molecule has 0 aromatic heterocycles. The normalized spacial score (nSPS) is 15.6. The molecule has 24 heavy (non-hydrogen) atoms. The third kappa shape index (κ3) is 2.98. The summed E-state index contributed by atoms with van der Waals surface area (Å²) >= 11 is 5.93. The first-order valence-electron chi connectivity index (χ1n) is 6.97. The molecule has 0 atom stereocenters. The van der Waals surface area contributed by atoms with Crippen LogP contribution >= 0.6 is 11.6 Å². The zero-order chi connectivity index (χ0) is 17.3. The summed E-state index contributed by atoms with van der Waals surface area (Å²) in [6, 6.07) is 13.0. The topological polar surface area (TPSA) is 72.8 Å². The number of fused-ring (bicyclic) bond motifs is 1. The summed E-state index contributed by atoms with van der Waals surface area (Å²) in [7, 11) is -3.50. The van der Waals surface area contributed by atoms with Crippen molar-refractivity contribution in [2.24, 2.45) is 5.16 Å². The van der Waals surface area contributed by atoms with Gasteiger partial charge in [0.2, 0.25) is 9.84 Å². The summed E-state index contributed by atoms with van der Waals surface area (Å²) in [5.74, 6) is -0.713. The van der Waals surface area contributed by atoms with Gasteiger partial charge in [-0.2, -0.15) is 0 Å². The number of carbonyl (C=O) groups is 1. The average Bonchev–Trinajstić information content (AvgIpc) is 2.85. The smallest absolute Gasteiger partial charge is 0.312 e. The van der Waals surface area contributed by atoms with Crippen LogP contribution in [0.15, 0.2) is 64.0 Å². The Morgan fingerprint density at radius 1 is 1.08 bits per heavy atom. The molecule has 3 rings (SSSR count). The lowest BCUT2D eigenvalue weighted by molar-refractivity contribution is 0.0517. The second-order valence-electron chi connectivity index (χ2n) is 5.11. The van der Waals surface area contributed by atoms with Crippen LogP contribution in [0.25, 0.3) is 5.57 Å². The Hall–Kier alpha value is -2.44. The van der Waals surface area contributed by atoms with Gasteiger partial charge in [0, 0.05) is 16.5 Å². The molecule has 1 heterocycles. The molecule has 2 aromatic rings. The van der Waals surface area contributed by atoms with Crippen molar-refractivity contribution >= 4 is 38.7 Å². The summed E-state index contributed by atoms with van der Waals surface area (Å²) < 4.78 is 24.2. The van der Waals surface area contributed by atoms with Gasteiger partial charge in [-0.05, 0) is 25.1 Å². The summed E-state index contributed by atoms with van der Waals surface area (Å²) in [5, 5.41) is 5.14. The van der Waals surface area contributed by atoms with Crippen LogP contribution in [-0.2, 0) is 14.7 Å². The molecule has 1 aliphatic rings. The minimum atomic E-state index is -3.50. The van der Waals surface area contributed by atoms with Crippen LogP contribution < -0.4 is 0 Å². The van der Waals surface area contributed by atoms with E-state index >= 15 is 0 Å². The molecule has 0 saturated carbocycles. The first-order valence-corrected chi connectivity index (χ1v) is 8.89. The van der Waals surface area contributed by atoms with Gasteiger partial charge in [0.1, 0.15) is 0 Å². The van der Waals surface area contributed by atoms with Crippen LogP contribution in [0.3, 0.4) is 0 Å². The molecule has 0 amide bonds. The van der Waals surface area contributed by atoms with Crippen molar-refractivity contribution in [1.82, 2.24) is 0 Å². The fourth-order valence-electron chi connectivity index (χ4n) is 2.33. The Morgan fingerprint density at radius 3 is 2.50 bits per heavy atom. The number of rotatable bonds is 3. The number of nitrogens with zero attached hydrogens (tertiary/aromatic N) is 1. The van der Waals surface area contributed by atoms with Crippen molar-refractivity contribution < 1.29 is 18.0 Å². The predicted octanol–water partition coefficient (Wildman–Crippen LogP) is 3.70. The number of benzene rings is 2. The monoisotopic (exact) mass is 361 g/mol. The van der Waals surface area contributed by atoms with Crippen molar-refractivity contribution in [3.05, 3.63) is 70.1 Å². The van der Waals surface area contributed by atoms with Crippen LogP contribution in [0.2, 0.25) is 5.02 Å². The molecule has 1 aliphatic heterocycles. The molecule has 0 bridgehead atoms. The fourth-order valence-corrected chi connectivity index (χ4v) is 4.04. The van der Waals surface area contributed by atoms with Crippen molar-refractivity contribution in [3.8, 4) is 0 Å². The number of carbonyl (C=O) groups excluding carboxylic acids is 1. The van der Waals surface area contributed by atoms with Gasteiger partial charge in [0.15, 0.2) is 0 Å². The zero-order valence-corrected chi connectivity index (χ0v) is 14.1. The number of sulfone groups is 1. The van der Waals surface area contributed by atoms with E-state index in [1.165, 1.54) is 12.1 Å². The average molecular weight is 362 g/mol. The molecule has 0 aliphatic carbocycles. The maximum Gasteiger partial charge on any atom is 0.367 e. The standard InChI is InChI=1S/C17H12ClNO4S/c1-11(19-23-17(20)13-7-2-4-8-15(13)18)14-10-24(21,22)16-9-5-3-6-12(14)16/h2-10H,1H3/b19-11+. The molecule has 0 spiro atoms. The van der Waals surface area contributed by atoms with E-state index in [1.807, 2.05) is 0 Å². The van der Waals surface area contributed by atoms with E-state index < -0.39 is 15.8 Å². The second kappa shape index (κ2) is 6.22. The minimum absolute atomic E-state index is 0.184. The van der Waals surface area contributed by atoms with Crippen molar-refractivity contribution in [1.29, 1.82) is 0 Å². The SMILES string of the molecule is C/C(=N\OC(=O)c1ccccc1Cl)C1=CS(=O)(=O)c2ccccc21. The lowest BCUT2D eigenvalue weighted by atomic mass is 10.0. The third-order valence-corrected chi connectivity index (χ3v) is 5.35. The molecule has 0 saturated heterocycles. The molecule has 0 unspecified atom stereocenters. The molecular formula is C17H12ClNO4S. The highest BCUT2D eigenvalue weighted by Gasteiger charge is 2.28. The van der Waals surface area contributed by atoms with E-state index in [1.54, 1.807) is 43.3 Å². The number of allylic oxidation sites excluding steroid dienone is 1. The summed E-state index contributed by atoms with van der Waals surface area (Å²) in [4.78, 5) is 17.1. The number of oxime groups is 1. The summed E-state index contributed by atoms with van der Waals surface area (Å²) in [5.41, 5.74) is 1.40. The van der Waals surface area contributed by atoms with Crippen LogP contribution in [0.4, 0.5) is 0 Å². The van der Waals surface area contributed by atoms with Gasteiger partial charge in [-0.1, -0.05) is 47.1 Å². The second-order valence-corrected chi connectivity index (χ2v) is 7.28. The Morgan fingerprint density at radius 2 is 1.75 bits per heavy atom. The van der Waals surface area contributed by atoms with Crippen molar-refractivity contribution in [2.45, 2.75) is 11.8 Å². The van der Waals surface area contributed by atoms with Crippen LogP contribution in [0, 0.1) is 0 Å². The highest BCUT2D eigenvalue weighted by atomic mass is 35.5. The van der Waals surface area contributed by atoms with Crippen LogP contribution in [-0.4, -0.2) is 20.1 Å². The van der Waals surface area contributed by atoms with Gasteiger partial charge in [-0.25, -0.2) is 13.2 Å². The molecule has 2 aromatic carbocycles. The molecule has 5 nitrogen and oxygen atoms in total. The number of hydrogen-bond donors (Lipinski definition) is 0. The maximum atomic E-state index is 12.1. The first-order chi connectivity index (χ1) is 11.4. The van der Waals surface area contributed by atoms with Gasteiger partial charge < -0.3 is 4.84 Å². The van der Waals surface area contributed by atoms with Gasteiger partial charge in [-0.3, -0.25) is 0 Å².